The van der Waals surface area contributed by atoms with E-state index >= 15 is 0 Å². The van der Waals surface area contributed by atoms with E-state index in [4.69, 9.17) is 5.73 Å². The van der Waals surface area contributed by atoms with Crippen LogP contribution in [0.25, 0.3) is 0 Å². The Morgan fingerprint density at radius 2 is 2.06 bits per heavy atom. The molecule has 2 N–H and O–H groups in total. The molecule has 1 aliphatic rings. The second-order valence-corrected chi connectivity index (χ2v) is 4.55. The fourth-order valence-electron chi connectivity index (χ4n) is 1.71. The van der Waals surface area contributed by atoms with Crippen LogP contribution < -0.4 is 5.73 Å². The van der Waals surface area contributed by atoms with Crippen molar-refractivity contribution in [2.24, 2.45) is 5.73 Å². The zero-order chi connectivity index (χ0) is 12.6. The van der Waals surface area contributed by atoms with Crippen molar-refractivity contribution in [2.75, 3.05) is 7.05 Å². The number of amides is 1. The number of hydrogen-bond donors (Lipinski definition) is 1. The van der Waals surface area contributed by atoms with Gasteiger partial charge in [-0.1, -0.05) is 6.07 Å². The van der Waals surface area contributed by atoms with Gasteiger partial charge in [0.15, 0.2) is 0 Å². The van der Waals surface area contributed by atoms with Gasteiger partial charge >= 0.3 is 0 Å². The molecule has 0 unspecified atom stereocenters. The van der Waals surface area contributed by atoms with Crippen molar-refractivity contribution in [1.29, 1.82) is 0 Å². The first-order chi connectivity index (χ1) is 7.92. The van der Waals surface area contributed by atoms with Crippen LogP contribution in [0.1, 0.15) is 18.4 Å². The van der Waals surface area contributed by atoms with Gasteiger partial charge in [0.25, 0.3) is 0 Å². The van der Waals surface area contributed by atoms with Crippen molar-refractivity contribution in [3.8, 4) is 0 Å². The number of carbonyl (C=O) groups excluding carboxylic acids is 1. The van der Waals surface area contributed by atoms with Gasteiger partial charge in [0.2, 0.25) is 5.91 Å². The lowest BCUT2D eigenvalue weighted by molar-refractivity contribution is -0.132. The van der Waals surface area contributed by atoms with Crippen molar-refractivity contribution < 1.29 is 13.6 Å². The van der Waals surface area contributed by atoms with E-state index in [1.807, 2.05) is 0 Å². The number of nitrogens with two attached hydrogens (primary N) is 1. The minimum absolute atomic E-state index is 0. The van der Waals surface area contributed by atoms with E-state index in [0.717, 1.165) is 6.07 Å². The van der Waals surface area contributed by atoms with Gasteiger partial charge < -0.3 is 10.6 Å². The summed E-state index contributed by atoms with van der Waals surface area (Å²) in [5, 5.41) is 0. The van der Waals surface area contributed by atoms with Crippen LogP contribution in [0.5, 0.6) is 0 Å². The lowest BCUT2D eigenvalue weighted by Gasteiger charge is -2.21. The number of benzene rings is 1. The number of halogens is 3. The fraction of sp³-hybridized carbons (Fsp3) is 0.417. The van der Waals surface area contributed by atoms with E-state index < -0.39 is 17.2 Å². The number of likely N-dealkylation sites (N-methyl/N-ethyl adjacent to an activating group) is 1. The average molecular weight is 277 g/mol. The molecule has 1 saturated carbocycles. The molecule has 2 rings (SSSR count). The minimum atomic E-state index is -0.759. The smallest absolute Gasteiger partial charge is 0.242 e. The van der Waals surface area contributed by atoms with Crippen LogP contribution in [0.4, 0.5) is 8.78 Å². The molecular formula is C12H15ClF2N2O. The highest BCUT2D eigenvalue weighted by molar-refractivity contribution is 5.88. The molecule has 0 bridgehead atoms. The molecule has 0 atom stereocenters. The average Bonchev–Trinajstić information content (AvgIpc) is 3.01. The van der Waals surface area contributed by atoms with Crippen LogP contribution in [-0.2, 0) is 11.3 Å². The molecule has 6 heteroatoms. The van der Waals surface area contributed by atoms with Gasteiger partial charge in [0.1, 0.15) is 11.6 Å². The summed E-state index contributed by atoms with van der Waals surface area (Å²) in [7, 11) is 1.57. The summed E-state index contributed by atoms with van der Waals surface area (Å²) in [6.07, 6.45) is 1.34. The highest BCUT2D eigenvalue weighted by atomic mass is 35.5. The van der Waals surface area contributed by atoms with Gasteiger partial charge in [0.05, 0.1) is 5.54 Å². The molecule has 3 nitrogen and oxygen atoms in total. The number of hydrogen-bond acceptors (Lipinski definition) is 2. The lowest BCUT2D eigenvalue weighted by atomic mass is 10.1. The van der Waals surface area contributed by atoms with Crippen LogP contribution >= 0.6 is 12.4 Å². The third-order valence-electron chi connectivity index (χ3n) is 2.98. The highest BCUT2D eigenvalue weighted by Crippen LogP contribution is 2.34. The Kier molecular flexibility index (Phi) is 4.29. The standard InChI is InChI=1S/C12H14F2N2O.ClH/c1-16(11(17)12(15)4-5-12)7-8-2-3-9(13)6-10(8)14;/h2-3,6H,4-5,7,15H2,1H3;1H. The number of rotatable bonds is 3. The molecule has 1 aromatic rings. The Hall–Kier alpha value is -1.20. The molecule has 1 amide bonds. The normalized spacial score (nSPS) is 15.8. The van der Waals surface area contributed by atoms with E-state index in [1.54, 1.807) is 7.05 Å². The van der Waals surface area contributed by atoms with Gasteiger partial charge in [-0.05, 0) is 18.9 Å². The summed E-state index contributed by atoms with van der Waals surface area (Å²) < 4.78 is 26.1. The maximum Gasteiger partial charge on any atom is 0.242 e. The third-order valence-corrected chi connectivity index (χ3v) is 2.98. The highest BCUT2D eigenvalue weighted by Gasteiger charge is 2.47. The van der Waals surface area contributed by atoms with Crippen LogP contribution in [0.3, 0.4) is 0 Å². The third kappa shape index (κ3) is 2.97. The van der Waals surface area contributed by atoms with Crippen molar-refractivity contribution in [2.45, 2.75) is 24.9 Å². The molecule has 1 fully saturated rings. The van der Waals surface area contributed by atoms with Crippen LogP contribution in [-0.4, -0.2) is 23.4 Å². The summed E-state index contributed by atoms with van der Waals surface area (Å²) in [6, 6.07) is 3.32. The zero-order valence-corrected chi connectivity index (χ0v) is 10.8. The monoisotopic (exact) mass is 276 g/mol. The Bertz CT molecular complexity index is 463. The second kappa shape index (κ2) is 5.20. The predicted octanol–water partition coefficient (Wildman–Crippen LogP) is 1.84. The zero-order valence-electron chi connectivity index (χ0n) is 9.95. The lowest BCUT2D eigenvalue weighted by Crippen LogP contribution is -2.43. The molecule has 0 radical (unpaired) electrons. The minimum Gasteiger partial charge on any atom is -0.340 e. The summed E-state index contributed by atoms with van der Waals surface area (Å²) in [6.45, 7) is 0.101. The number of carbonyl (C=O) groups is 1. The molecule has 0 saturated heterocycles. The van der Waals surface area contributed by atoms with Crippen LogP contribution in [0.2, 0.25) is 0 Å². The molecule has 1 aromatic carbocycles. The molecule has 0 spiro atoms. The van der Waals surface area contributed by atoms with Gasteiger partial charge in [-0.3, -0.25) is 4.79 Å². The second-order valence-electron chi connectivity index (χ2n) is 4.55. The van der Waals surface area contributed by atoms with Gasteiger partial charge in [-0.15, -0.1) is 12.4 Å². The van der Waals surface area contributed by atoms with Gasteiger partial charge in [-0.2, -0.15) is 0 Å². The quantitative estimate of drug-likeness (QED) is 0.916. The van der Waals surface area contributed by atoms with E-state index in [2.05, 4.69) is 0 Å². The maximum absolute atomic E-state index is 13.4. The summed E-state index contributed by atoms with van der Waals surface area (Å²) in [5.74, 6) is -1.47. The SMILES string of the molecule is CN(Cc1ccc(F)cc1F)C(=O)C1(N)CC1.Cl. The van der Waals surface area contributed by atoms with Crippen molar-refractivity contribution in [3.63, 3.8) is 0 Å². The van der Waals surface area contributed by atoms with Crippen molar-refractivity contribution in [3.05, 3.63) is 35.4 Å². The summed E-state index contributed by atoms with van der Waals surface area (Å²) in [4.78, 5) is 13.2. The van der Waals surface area contributed by atoms with E-state index in [9.17, 15) is 13.6 Å². The molecule has 0 aromatic heterocycles. The summed E-state index contributed by atoms with van der Waals surface area (Å²) >= 11 is 0. The molecule has 0 heterocycles. The first-order valence-corrected chi connectivity index (χ1v) is 5.41. The number of nitrogens with zero attached hydrogens (tertiary/aromatic N) is 1. The van der Waals surface area contributed by atoms with E-state index in [-0.39, 0.29) is 30.4 Å². The Labute approximate surface area is 110 Å². The largest absolute Gasteiger partial charge is 0.340 e. The van der Waals surface area contributed by atoms with Crippen LogP contribution in [0, 0.1) is 11.6 Å². The van der Waals surface area contributed by atoms with Crippen LogP contribution in [0.15, 0.2) is 18.2 Å². The first kappa shape index (κ1) is 14.9. The van der Waals surface area contributed by atoms with Gasteiger partial charge in [-0.25, -0.2) is 8.78 Å². The van der Waals surface area contributed by atoms with Crippen molar-refractivity contribution >= 4 is 18.3 Å². The molecule has 1 aliphatic carbocycles. The predicted molar refractivity (Wildman–Crippen MR) is 66.2 cm³/mol. The maximum atomic E-state index is 13.4. The van der Waals surface area contributed by atoms with E-state index in [0.29, 0.717) is 12.8 Å². The van der Waals surface area contributed by atoms with Gasteiger partial charge in [0, 0.05) is 25.2 Å². The topological polar surface area (TPSA) is 46.3 Å². The molecule has 0 aliphatic heterocycles. The molecule has 18 heavy (non-hydrogen) atoms. The molecule has 100 valence electrons. The Morgan fingerprint density at radius 1 is 1.44 bits per heavy atom. The van der Waals surface area contributed by atoms with Crippen molar-refractivity contribution in [1.82, 2.24) is 4.90 Å². The first-order valence-electron chi connectivity index (χ1n) is 5.41. The van der Waals surface area contributed by atoms with E-state index in [1.165, 1.54) is 17.0 Å². The Morgan fingerprint density at radius 3 is 2.56 bits per heavy atom. The summed E-state index contributed by atoms with van der Waals surface area (Å²) in [5.41, 5.74) is 5.29. The Balaban J connectivity index is 0.00000162. The fourth-order valence-corrected chi connectivity index (χ4v) is 1.71. The molecular weight excluding hydrogens is 262 g/mol.